The summed E-state index contributed by atoms with van der Waals surface area (Å²) in [4.78, 5) is 29.8. The number of aliphatic carboxylic acids is 1. The molecule has 0 bridgehead atoms. The van der Waals surface area contributed by atoms with E-state index in [1.807, 2.05) is 6.07 Å². The van der Waals surface area contributed by atoms with Gasteiger partial charge in [0.1, 0.15) is 0 Å². The van der Waals surface area contributed by atoms with Crippen molar-refractivity contribution in [1.82, 2.24) is 20.0 Å². The Morgan fingerprint density at radius 3 is 2.44 bits per heavy atom. The van der Waals surface area contributed by atoms with Gasteiger partial charge in [0.15, 0.2) is 0 Å². The highest BCUT2D eigenvalue weighted by Gasteiger charge is 2.28. The number of carbonyl (C=O) groups excluding carboxylic acids is 1. The van der Waals surface area contributed by atoms with Crippen molar-refractivity contribution in [3.63, 3.8) is 0 Å². The lowest BCUT2D eigenvalue weighted by molar-refractivity contribution is -0.143. The molecule has 7 nitrogen and oxygen atoms in total. The van der Waals surface area contributed by atoms with Crippen LogP contribution < -0.4 is 5.32 Å². The number of hydrogen-bond acceptors (Lipinski definition) is 4. The summed E-state index contributed by atoms with van der Waals surface area (Å²) in [5, 5.41) is 12.1. The molecule has 2 N–H and O–H groups in total. The highest BCUT2D eigenvalue weighted by atomic mass is 16.4. The third kappa shape index (κ3) is 5.94. The summed E-state index contributed by atoms with van der Waals surface area (Å²) in [5.41, 5.74) is 1.35. The molecule has 0 spiro atoms. The zero-order valence-corrected chi connectivity index (χ0v) is 15.8. The predicted molar refractivity (Wildman–Crippen MR) is 103 cm³/mol. The third-order valence-electron chi connectivity index (χ3n) is 5.48. The van der Waals surface area contributed by atoms with E-state index in [9.17, 15) is 9.59 Å². The molecule has 0 radical (unpaired) electrons. The van der Waals surface area contributed by atoms with Gasteiger partial charge < -0.3 is 15.3 Å². The number of rotatable bonds is 6. The number of hydrogen-bond donors (Lipinski definition) is 2. The minimum atomic E-state index is -0.805. The minimum Gasteiger partial charge on any atom is -0.481 e. The average molecular weight is 374 g/mol. The summed E-state index contributed by atoms with van der Waals surface area (Å²) in [7, 11) is 0. The second-order valence-electron chi connectivity index (χ2n) is 7.46. The monoisotopic (exact) mass is 374 g/mol. The van der Waals surface area contributed by atoms with Gasteiger partial charge in [0, 0.05) is 58.9 Å². The lowest BCUT2D eigenvalue weighted by Crippen LogP contribution is -2.50. The van der Waals surface area contributed by atoms with Crippen LogP contribution >= 0.6 is 0 Å². The topological polar surface area (TPSA) is 76.1 Å². The molecule has 2 amide bonds. The molecule has 0 aromatic heterocycles. The Morgan fingerprint density at radius 1 is 1.04 bits per heavy atom. The molecule has 1 atom stereocenters. The van der Waals surface area contributed by atoms with E-state index in [1.54, 1.807) is 4.90 Å². The maximum absolute atomic E-state index is 12.3. The van der Waals surface area contributed by atoms with E-state index >= 15 is 0 Å². The summed E-state index contributed by atoms with van der Waals surface area (Å²) in [5.74, 6) is -1.23. The van der Waals surface area contributed by atoms with Gasteiger partial charge in [-0.3, -0.25) is 14.6 Å². The molecular formula is C20H30N4O3. The SMILES string of the molecule is O=C(O)C1CCCN(C(=O)NCCN2CCN(Cc3ccccc3)CC2)C1. The first-order valence-corrected chi connectivity index (χ1v) is 9.86. The van der Waals surface area contributed by atoms with E-state index in [-0.39, 0.29) is 6.03 Å². The van der Waals surface area contributed by atoms with E-state index in [4.69, 9.17) is 5.11 Å². The molecule has 7 heteroatoms. The molecule has 0 saturated carbocycles. The maximum Gasteiger partial charge on any atom is 0.317 e. The van der Waals surface area contributed by atoms with Gasteiger partial charge in [-0.05, 0) is 18.4 Å². The molecule has 2 saturated heterocycles. The summed E-state index contributed by atoms with van der Waals surface area (Å²) < 4.78 is 0. The highest BCUT2D eigenvalue weighted by molar-refractivity contribution is 5.76. The van der Waals surface area contributed by atoms with E-state index < -0.39 is 11.9 Å². The van der Waals surface area contributed by atoms with Gasteiger partial charge in [-0.15, -0.1) is 0 Å². The van der Waals surface area contributed by atoms with Gasteiger partial charge in [-0.2, -0.15) is 0 Å². The van der Waals surface area contributed by atoms with Crippen LogP contribution in [0.1, 0.15) is 18.4 Å². The van der Waals surface area contributed by atoms with Crippen molar-refractivity contribution in [2.75, 3.05) is 52.4 Å². The smallest absolute Gasteiger partial charge is 0.317 e. The Balaban J connectivity index is 1.32. The Labute approximate surface area is 160 Å². The van der Waals surface area contributed by atoms with Crippen LogP contribution in [0.2, 0.25) is 0 Å². The average Bonchev–Trinajstić information content (AvgIpc) is 2.70. The van der Waals surface area contributed by atoms with Crippen molar-refractivity contribution in [2.24, 2.45) is 5.92 Å². The maximum atomic E-state index is 12.3. The lowest BCUT2D eigenvalue weighted by Gasteiger charge is -2.35. The number of urea groups is 1. The molecule has 3 rings (SSSR count). The normalized spacial score (nSPS) is 21.8. The molecule has 27 heavy (non-hydrogen) atoms. The van der Waals surface area contributed by atoms with Gasteiger partial charge in [-0.1, -0.05) is 30.3 Å². The fourth-order valence-electron chi connectivity index (χ4n) is 3.81. The van der Waals surface area contributed by atoms with Crippen molar-refractivity contribution in [3.05, 3.63) is 35.9 Å². The second kappa shape index (κ2) is 9.71. The fourth-order valence-corrected chi connectivity index (χ4v) is 3.81. The van der Waals surface area contributed by atoms with Crippen LogP contribution in [0.25, 0.3) is 0 Å². The first kappa shape index (κ1) is 19.6. The molecule has 1 unspecified atom stereocenters. The Kier molecular flexibility index (Phi) is 7.06. The lowest BCUT2D eigenvalue weighted by atomic mass is 9.99. The van der Waals surface area contributed by atoms with Crippen molar-refractivity contribution < 1.29 is 14.7 Å². The second-order valence-corrected chi connectivity index (χ2v) is 7.46. The molecule has 0 aliphatic carbocycles. The van der Waals surface area contributed by atoms with Crippen LogP contribution in [0.4, 0.5) is 4.79 Å². The Hall–Kier alpha value is -2.12. The molecule has 2 heterocycles. The van der Waals surface area contributed by atoms with Crippen molar-refractivity contribution in [1.29, 1.82) is 0 Å². The summed E-state index contributed by atoms with van der Waals surface area (Å²) in [6.45, 7) is 7.48. The Morgan fingerprint density at radius 2 is 1.74 bits per heavy atom. The largest absolute Gasteiger partial charge is 0.481 e. The molecule has 1 aromatic rings. The van der Waals surface area contributed by atoms with Crippen molar-refractivity contribution in [2.45, 2.75) is 19.4 Å². The van der Waals surface area contributed by atoms with E-state index in [1.165, 1.54) is 5.56 Å². The van der Waals surface area contributed by atoms with Crippen LogP contribution in [0, 0.1) is 5.92 Å². The summed E-state index contributed by atoms with van der Waals surface area (Å²) in [6, 6.07) is 10.4. The number of amides is 2. The summed E-state index contributed by atoms with van der Waals surface area (Å²) in [6.07, 6.45) is 1.42. The zero-order chi connectivity index (χ0) is 19.1. The van der Waals surface area contributed by atoms with Crippen LogP contribution in [-0.2, 0) is 11.3 Å². The van der Waals surface area contributed by atoms with Crippen molar-refractivity contribution in [3.8, 4) is 0 Å². The van der Waals surface area contributed by atoms with Gasteiger partial charge >= 0.3 is 12.0 Å². The van der Waals surface area contributed by atoms with Gasteiger partial charge in [0.2, 0.25) is 0 Å². The molecule has 1 aromatic carbocycles. The molecule has 2 fully saturated rings. The first-order chi connectivity index (χ1) is 13.1. The van der Waals surface area contributed by atoms with E-state index in [0.29, 0.717) is 26.1 Å². The van der Waals surface area contributed by atoms with Gasteiger partial charge in [0.25, 0.3) is 0 Å². The van der Waals surface area contributed by atoms with Gasteiger partial charge in [-0.25, -0.2) is 4.79 Å². The van der Waals surface area contributed by atoms with Crippen LogP contribution in [0.5, 0.6) is 0 Å². The van der Waals surface area contributed by atoms with Crippen LogP contribution in [0.15, 0.2) is 30.3 Å². The third-order valence-corrected chi connectivity index (χ3v) is 5.48. The van der Waals surface area contributed by atoms with Crippen LogP contribution in [-0.4, -0.2) is 84.2 Å². The predicted octanol–water partition coefficient (Wildman–Crippen LogP) is 1.31. The molecular weight excluding hydrogens is 344 g/mol. The number of nitrogens with zero attached hydrogens (tertiary/aromatic N) is 3. The number of piperazine rings is 1. The molecule has 2 aliphatic rings. The fraction of sp³-hybridized carbons (Fsp3) is 0.600. The van der Waals surface area contributed by atoms with E-state index in [2.05, 4.69) is 39.4 Å². The van der Waals surface area contributed by atoms with Gasteiger partial charge in [0.05, 0.1) is 5.92 Å². The number of nitrogens with one attached hydrogen (secondary N) is 1. The van der Waals surface area contributed by atoms with E-state index in [0.717, 1.165) is 45.7 Å². The minimum absolute atomic E-state index is 0.135. The zero-order valence-electron chi connectivity index (χ0n) is 15.8. The number of carbonyl (C=O) groups is 2. The Bertz CT molecular complexity index is 617. The highest BCUT2D eigenvalue weighted by Crippen LogP contribution is 2.16. The molecule has 2 aliphatic heterocycles. The van der Waals surface area contributed by atoms with Crippen LogP contribution in [0.3, 0.4) is 0 Å². The van der Waals surface area contributed by atoms with Crippen molar-refractivity contribution >= 4 is 12.0 Å². The number of likely N-dealkylation sites (tertiary alicyclic amines) is 1. The quantitative estimate of drug-likeness (QED) is 0.785. The summed E-state index contributed by atoms with van der Waals surface area (Å²) >= 11 is 0. The number of benzene rings is 1. The number of carboxylic acid groups (broad SMARTS) is 1. The standard InChI is InChI=1S/C20H30N4O3/c25-19(26)18-7-4-9-24(16-18)20(27)21-8-10-22-11-13-23(14-12-22)15-17-5-2-1-3-6-17/h1-3,5-6,18H,4,7-16H2,(H,21,27)(H,25,26). The first-order valence-electron chi connectivity index (χ1n) is 9.86. The number of piperidine rings is 1. The molecule has 148 valence electrons. The number of carboxylic acids is 1.